The van der Waals surface area contributed by atoms with Gasteiger partial charge in [-0.15, -0.1) is 10.2 Å². The van der Waals surface area contributed by atoms with E-state index in [-0.39, 0.29) is 18.0 Å². The Balaban J connectivity index is 1.42. The number of benzene rings is 2. The Hall–Kier alpha value is -3.26. The number of para-hydroxylation sites is 2. The molecule has 2 heterocycles. The Labute approximate surface area is 178 Å². The number of carbonyl (C=O) groups is 1. The molecule has 7 nitrogen and oxygen atoms in total. The Morgan fingerprint density at radius 2 is 1.77 bits per heavy atom. The van der Waals surface area contributed by atoms with Crippen molar-refractivity contribution in [3.05, 3.63) is 64.6 Å². The fourth-order valence-electron chi connectivity index (χ4n) is 3.38. The molecule has 30 heavy (non-hydrogen) atoms. The lowest BCUT2D eigenvalue weighted by Gasteiger charge is -2.05. The van der Waals surface area contributed by atoms with E-state index in [2.05, 4.69) is 41.5 Å². The lowest BCUT2D eigenvalue weighted by molar-refractivity contribution is -0.116. The Morgan fingerprint density at radius 3 is 2.47 bits per heavy atom. The van der Waals surface area contributed by atoms with Crippen molar-refractivity contribution < 1.29 is 4.79 Å². The summed E-state index contributed by atoms with van der Waals surface area (Å²) >= 11 is 1.33. The zero-order chi connectivity index (χ0) is 21.3. The van der Waals surface area contributed by atoms with Gasteiger partial charge in [-0.3, -0.25) is 13.9 Å². The zero-order valence-corrected chi connectivity index (χ0v) is 17.9. The Kier molecular flexibility index (Phi) is 5.50. The first kappa shape index (κ1) is 20.0. The van der Waals surface area contributed by atoms with Crippen LogP contribution in [0.25, 0.3) is 21.6 Å². The number of nitrogens with zero attached hydrogens (tertiary/aromatic N) is 4. The number of anilines is 1. The predicted octanol–water partition coefficient (Wildman–Crippen LogP) is 4.01. The molecular weight excluding hydrogens is 398 g/mol. The van der Waals surface area contributed by atoms with Crippen LogP contribution in [0, 0.1) is 0 Å². The van der Waals surface area contributed by atoms with Crippen molar-refractivity contribution in [2.75, 3.05) is 5.32 Å². The van der Waals surface area contributed by atoms with Crippen molar-refractivity contribution >= 4 is 33.4 Å². The third kappa shape index (κ3) is 3.91. The first-order chi connectivity index (χ1) is 14.4. The standard InChI is InChI=1S/C22H23N5O2S/c1-14(2)15-8-10-16(11-9-15)20-24-25-21(30-20)23-19(28)12-13-27-18-7-5-4-6-17(18)26(3)22(27)29/h4-11,14H,12-13H2,1-3H3,(H,23,25,28). The summed E-state index contributed by atoms with van der Waals surface area (Å²) in [5, 5.41) is 12.3. The van der Waals surface area contributed by atoms with Gasteiger partial charge in [0, 0.05) is 25.6 Å². The van der Waals surface area contributed by atoms with Crippen molar-refractivity contribution in [2.45, 2.75) is 32.7 Å². The third-order valence-corrected chi connectivity index (χ3v) is 6.00. The Morgan fingerprint density at radius 1 is 1.07 bits per heavy atom. The summed E-state index contributed by atoms with van der Waals surface area (Å²) in [6.07, 6.45) is 0.173. The molecule has 8 heteroatoms. The monoisotopic (exact) mass is 421 g/mol. The molecule has 0 fully saturated rings. The molecule has 0 unspecified atom stereocenters. The van der Waals surface area contributed by atoms with E-state index in [1.165, 1.54) is 16.9 Å². The average Bonchev–Trinajstić information content (AvgIpc) is 3.30. The molecule has 2 aromatic heterocycles. The van der Waals surface area contributed by atoms with Crippen LogP contribution in [0.3, 0.4) is 0 Å². The van der Waals surface area contributed by atoms with Gasteiger partial charge < -0.3 is 5.32 Å². The summed E-state index contributed by atoms with van der Waals surface area (Å²) in [5.74, 6) is 0.269. The van der Waals surface area contributed by atoms with Crippen LogP contribution in [0.4, 0.5) is 5.13 Å². The van der Waals surface area contributed by atoms with E-state index >= 15 is 0 Å². The molecule has 0 spiro atoms. The summed E-state index contributed by atoms with van der Waals surface area (Å²) in [4.78, 5) is 24.9. The largest absolute Gasteiger partial charge is 0.328 e. The highest BCUT2D eigenvalue weighted by atomic mass is 32.1. The molecule has 0 atom stereocenters. The molecule has 0 radical (unpaired) electrons. The van der Waals surface area contributed by atoms with Gasteiger partial charge in [-0.2, -0.15) is 0 Å². The van der Waals surface area contributed by atoms with Crippen LogP contribution in [0.15, 0.2) is 53.3 Å². The van der Waals surface area contributed by atoms with Gasteiger partial charge >= 0.3 is 5.69 Å². The van der Waals surface area contributed by atoms with Crippen LogP contribution in [-0.4, -0.2) is 25.2 Å². The lowest BCUT2D eigenvalue weighted by Crippen LogP contribution is -2.24. The molecule has 4 aromatic rings. The van der Waals surface area contributed by atoms with Gasteiger partial charge in [0.1, 0.15) is 5.01 Å². The Bertz CT molecular complexity index is 1250. The summed E-state index contributed by atoms with van der Waals surface area (Å²) < 4.78 is 3.21. The summed E-state index contributed by atoms with van der Waals surface area (Å²) in [6, 6.07) is 15.8. The second kappa shape index (κ2) is 8.23. The normalized spacial score (nSPS) is 11.3. The molecule has 0 saturated heterocycles. The van der Waals surface area contributed by atoms with E-state index in [1.807, 2.05) is 36.4 Å². The smallest absolute Gasteiger partial charge is 0.300 e. The van der Waals surface area contributed by atoms with Crippen molar-refractivity contribution in [1.29, 1.82) is 0 Å². The number of hydrogen-bond donors (Lipinski definition) is 1. The average molecular weight is 422 g/mol. The number of aromatic nitrogens is 4. The van der Waals surface area contributed by atoms with Gasteiger partial charge in [0.2, 0.25) is 11.0 Å². The second-order valence-electron chi connectivity index (χ2n) is 7.47. The fraction of sp³-hybridized carbons (Fsp3) is 0.273. The number of fused-ring (bicyclic) bond motifs is 1. The maximum absolute atomic E-state index is 12.5. The molecular formula is C22H23N5O2S. The summed E-state index contributed by atoms with van der Waals surface area (Å²) in [5.41, 5.74) is 3.77. The van der Waals surface area contributed by atoms with Gasteiger partial charge in [0.05, 0.1) is 11.0 Å². The number of nitrogens with one attached hydrogen (secondary N) is 1. The van der Waals surface area contributed by atoms with Crippen LogP contribution >= 0.6 is 11.3 Å². The topological polar surface area (TPSA) is 81.8 Å². The zero-order valence-electron chi connectivity index (χ0n) is 17.1. The third-order valence-electron chi connectivity index (χ3n) is 5.11. The number of hydrogen-bond acceptors (Lipinski definition) is 5. The molecule has 0 aliphatic carbocycles. The number of rotatable bonds is 6. The van der Waals surface area contributed by atoms with E-state index in [9.17, 15) is 9.59 Å². The van der Waals surface area contributed by atoms with Gasteiger partial charge in [0.15, 0.2) is 0 Å². The molecule has 1 N–H and O–H groups in total. The van der Waals surface area contributed by atoms with E-state index in [0.717, 1.165) is 21.6 Å². The molecule has 1 amide bonds. The van der Waals surface area contributed by atoms with Crippen molar-refractivity contribution in [2.24, 2.45) is 7.05 Å². The number of aryl methyl sites for hydroxylation is 2. The minimum absolute atomic E-state index is 0.132. The maximum atomic E-state index is 12.5. The highest BCUT2D eigenvalue weighted by Crippen LogP contribution is 2.27. The van der Waals surface area contributed by atoms with Crippen LogP contribution in [-0.2, 0) is 18.4 Å². The van der Waals surface area contributed by atoms with Crippen molar-refractivity contribution in [3.8, 4) is 10.6 Å². The van der Waals surface area contributed by atoms with E-state index in [4.69, 9.17) is 0 Å². The highest BCUT2D eigenvalue weighted by molar-refractivity contribution is 7.18. The molecule has 154 valence electrons. The van der Waals surface area contributed by atoms with Crippen LogP contribution in [0.2, 0.25) is 0 Å². The SMILES string of the molecule is CC(C)c1ccc(-c2nnc(NC(=O)CCn3c(=O)n(C)c4ccccc43)s2)cc1. The molecule has 0 aliphatic heterocycles. The maximum Gasteiger partial charge on any atom is 0.328 e. The second-order valence-corrected chi connectivity index (χ2v) is 8.45. The molecule has 4 rings (SSSR count). The lowest BCUT2D eigenvalue weighted by atomic mass is 10.0. The minimum Gasteiger partial charge on any atom is -0.300 e. The van der Waals surface area contributed by atoms with Gasteiger partial charge in [0.25, 0.3) is 0 Å². The molecule has 0 saturated carbocycles. The van der Waals surface area contributed by atoms with E-state index in [1.54, 1.807) is 16.2 Å². The van der Waals surface area contributed by atoms with Crippen molar-refractivity contribution in [3.63, 3.8) is 0 Å². The summed E-state index contributed by atoms with van der Waals surface area (Å²) in [7, 11) is 1.73. The van der Waals surface area contributed by atoms with Crippen molar-refractivity contribution in [1.82, 2.24) is 19.3 Å². The number of imidazole rings is 1. The van der Waals surface area contributed by atoms with Crippen LogP contribution < -0.4 is 11.0 Å². The molecule has 0 aliphatic rings. The van der Waals surface area contributed by atoms with E-state index < -0.39 is 0 Å². The summed E-state index contributed by atoms with van der Waals surface area (Å²) in [6.45, 7) is 4.61. The van der Waals surface area contributed by atoms with Gasteiger partial charge in [-0.05, 0) is 23.6 Å². The van der Waals surface area contributed by atoms with Gasteiger partial charge in [-0.25, -0.2) is 4.79 Å². The van der Waals surface area contributed by atoms with E-state index in [0.29, 0.717) is 17.6 Å². The molecule has 2 aromatic carbocycles. The quantitative estimate of drug-likeness (QED) is 0.510. The first-order valence-corrected chi connectivity index (χ1v) is 10.6. The predicted molar refractivity (Wildman–Crippen MR) is 120 cm³/mol. The highest BCUT2D eigenvalue weighted by Gasteiger charge is 2.13. The molecule has 0 bridgehead atoms. The van der Waals surface area contributed by atoms with Crippen LogP contribution in [0.1, 0.15) is 31.7 Å². The first-order valence-electron chi connectivity index (χ1n) is 9.82. The van der Waals surface area contributed by atoms with Crippen LogP contribution in [0.5, 0.6) is 0 Å². The van der Waals surface area contributed by atoms with Gasteiger partial charge in [-0.1, -0.05) is 61.6 Å². The number of amides is 1. The number of carbonyl (C=O) groups excluding carboxylic acids is 1. The fourth-order valence-corrected chi connectivity index (χ4v) is 4.14. The minimum atomic E-state index is -0.201.